The fourth-order valence-corrected chi connectivity index (χ4v) is 4.75. The van der Waals surface area contributed by atoms with Gasteiger partial charge in [-0.3, -0.25) is 4.79 Å². The lowest BCUT2D eigenvalue weighted by molar-refractivity contribution is 0.0951. The summed E-state index contributed by atoms with van der Waals surface area (Å²) >= 11 is 0. The van der Waals surface area contributed by atoms with E-state index in [0.29, 0.717) is 23.3 Å². The normalized spacial score (nSPS) is 23.1. The summed E-state index contributed by atoms with van der Waals surface area (Å²) in [7, 11) is -1.09. The maximum atomic E-state index is 12.6. The largest absolute Gasteiger partial charge is 0.352 e. The number of likely N-dealkylation sites (tertiary alicyclic amines) is 1. The molecule has 2 heterocycles. The average molecular weight is 370 g/mol. The third kappa shape index (κ3) is 3.04. The topological polar surface area (TPSA) is 66.5 Å². The maximum absolute atomic E-state index is 12.6. The third-order valence-corrected chi connectivity index (χ3v) is 6.59. The van der Waals surface area contributed by atoms with Crippen molar-refractivity contribution in [3.8, 4) is 11.1 Å². The third-order valence-electron chi connectivity index (χ3n) is 5.46. The first-order chi connectivity index (χ1) is 12.3. The second-order valence-corrected chi connectivity index (χ2v) is 9.41. The number of sulfone groups is 1. The van der Waals surface area contributed by atoms with Gasteiger partial charge in [0.15, 0.2) is 9.84 Å². The lowest BCUT2D eigenvalue weighted by Crippen LogP contribution is -2.29. The van der Waals surface area contributed by atoms with Crippen LogP contribution in [0.1, 0.15) is 21.8 Å². The van der Waals surface area contributed by atoms with Crippen LogP contribution in [0.3, 0.4) is 0 Å². The first kappa shape index (κ1) is 17.2. The number of fused-ring (bicyclic) bond motifs is 3. The van der Waals surface area contributed by atoms with Gasteiger partial charge in [-0.2, -0.15) is 0 Å². The van der Waals surface area contributed by atoms with E-state index in [1.165, 1.54) is 6.26 Å². The monoisotopic (exact) mass is 370 g/mol. The predicted octanol–water partition coefficient (Wildman–Crippen LogP) is 2.15. The van der Waals surface area contributed by atoms with Crippen LogP contribution in [0.25, 0.3) is 11.1 Å². The molecule has 0 unspecified atom stereocenters. The van der Waals surface area contributed by atoms with Crippen molar-refractivity contribution in [2.75, 3.05) is 32.9 Å². The number of nitrogens with zero attached hydrogens (tertiary/aromatic N) is 1. The molecular weight excluding hydrogens is 348 g/mol. The van der Waals surface area contributed by atoms with E-state index in [0.717, 1.165) is 35.3 Å². The fourth-order valence-electron chi connectivity index (χ4n) is 4.12. The minimum atomic E-state index is -3.21. The first-order valence-corrected chi connectivity index (χ1v) is 10.6. The van der Waals surface area contributed by atoms with Gasteiger partial charge in [-0.15, -0.1) is 0 Å². The Labute approximate surface area is 153 Å². The predicted molar refractivity (Wildman–Crippen MR) is 101 cm³/mol. The van der Waals surface area contributed by atoms with Crippen molar-refractivity contribution in [2.45, 2.75) is 10.8 Å². The highest BCUT2D eigenvalue weighted by atomic mass is 32.2. The van der Waals surface area contributed by atoms with Crippen LogP contribution in [-0.4, -0.2) is 52.2 Å². The lowest BCUT2D eigenvalue weighted by atomic mass is 9.86. The Balaban J connectivity index is 1.74. The van der Waals surface area contributed by atoms with Gasteiger partial charge < -0.3 is 10.2 Å². The molecule has 2 aromatic rings. The maximum Gasteiger partial charge on any atom is 0.251 e. The molecule has 0 aromatic heterocycles. The molecule has 0 bridgehead atoms. The number of nitrogens with one attached hydrogen (secondary N) is 1. The van der Waals surface area contributed by atoms with Gasteiger partial charge in [-0.1, -0.05) is 24.3 Å². The van der Waals surface area contributed by atoms with E-state index in [1.54, 1.807) is 24.3 Å². The Morgan fingerprint density at radius 2 is 1.73 bits per heavy atom. The molecule has 0 aliphatic carbocycles. The Morgan fingerprint density at radius 1 is 1.04 bits per heavy atom. The zero-order chi connectivity index (χ0) is 18.5. The van der Waals surface area contributed by atoms with Crippen molar-refractivity contribution in [2.24, 2.45) is 5.92 Å². The Bertz CT molecular complexity index is 967. The van der Waals surface area contributed by atoms with E-state index in [-0.39, 0.29) is 5.91 Å². The number of rotatable bonds is 2. The Kier molecular flexibility index (Phi) is 4.12. The Morgan fingerprint density at radius 3 is 2.42 bits per heavy atom. The standard InChI is InChI=1S/C20H22N2O3S/c1-22-11-15-10-21-20(23)18-9-14(5-8-17(18)19(15)12-22)13-3-6-16(7-4-13)26(2,24)25/h3-9,15,19H,10-12H2,1-2H3,(H,21,23)/t15-,19-/m1/s1. The highest BCUT2D eigenvalue weighted by Crippen LogP contribution is 2.37. The summed E-state index contributed by atoms with van der Waals surface area (Å²) in [6.07, 6.45) is 1.20. The summed E-state index contributed by atoms with van der Waals surface area (Å²) in [5, 5.41) is 3.06. The van der Waals surface area contributed by atoms with Crippen LogP contribution < -0.4 is 5.32 Å². The van der Waals surface area contributed by atoms with E-state index in [2.05, 4.69) is 23.3 Å². The SMILES string of the molecule is CN1C[C@H]2CNC(=O)c3cc(-c4ccc(S(C)(=O)=O)cc4)ccc3[C@@H]2C1. The summed E-state index contributed by atoms with van der Waals surface area (Å²) in [5.74, 6) is 0.798. The summed E-state index contributed by atoms with van der Waals surface area (Å²) in [6, 6.07) is 12.8. The number of likely N-dealkylation sites (N-methyl/N-ethyl adjacent to an activating group) is 1. The number of benzene rings is 2. The van der Waals surface area contributed by atoms with Crippen molar-refractivity contribution in [3.63, 3.8) is 0 Å². The molecule has 2 aliphatic rings. The zero-order valence-corrected chi connectivity index (χ0v) is 15.7. The number of hydrogen-bond donors (Lipinski definition) is 1. The van der Waals surface area contributed by atoms with Gasteiger partial charge in [-0.05, 0) is 47.9 Å². The molecule has 1 amide bonds. The zero-order valence-electron chi connectivity index (χ0n) is 14.9. The highest BCUT2D eigenvalue weighted by Gasteiger charge is 2.36. The van der Waals surface area contributed by atoms with Gasteiger partial charge in [0.05, 0.1) is 4.90 Å². The second-order valence-electron chi connectivity index (χ2n) is 7.40. The molecule has 0 radical (unpaired) electrons. The van der Waals surface area contributed by atoms with Gasteiger partial charge in [0, 0.05) is 37.4 Å². The number of carbonyl (C=O) groups is 1. The van der Waals surface area contributed by atoms with Gasteiger partial charge in [0.2, 0.25) is 0 Å². The van der Waals surface area contributed by atoms with Crippen LogP contribution >= 0.6 is 0 Å². The molecule has 4 rings (SSSR count). The van der Waals surface area contributed by atoms with Crippen LogP contribution in [0.4, 0.5) is 0 Å². The molecule has 136 valence electrons. The van der Waals surface area contributed by atoms with Crippen molar-refractivity contribution in [1.29, 1.82) is 0 Å². The lowest BCUT2D eigenvalue weighted by Gasteiger charge is -2.17. The molecule has 2 aliphatic heterocycles. The van der Waals surface area contributed by atoms with Crippen LogP contribution in [0, 0.1) is 5.92 Å². The van der Waals surface area contributed by atoms with Crippen LogP contribution in [-0.2, 0) is 9.84 Å². The summed E-state index contributed by atoms with van der Waals surface area (Å²) in [6.45, 7) is 2.68. The van der Waals surface area contributed by atoms with Crippen LogP contribution in [0.2, 0.25) is 0 Å². The smallest absolute Gasteiger partial charge is 0.251 e. The van der Waals surface area contributed by atoms with E-state index >= 15 is 0 Å². The van der Waals surface area contributed by atoms with Crippen molar-refractivity contribution < 1.29 is 13.2 Å². The summed E-state index contributed by atoms with van der Waals surface area (Å²) in [4.78, 5) is 15.2. The highest BCUT2D eigenvalue weighted by molar-refractivity contribution is 7.90. The van der Waals surface area contributed by atoms with Crippen LogP contribution in [0.15, 0.2) is 47.4 Å². The Hall–Kier alpha value is -2.18. The number of hydrogen-bond acceptors (Lipinski definition) is 4. The molecule has 2 aromatic carbocycles. The van der Waals surface area contributed by atoms with Gasteiger partial charge in [-0.25, -0.2) is 8.42 Å². The van der Waals surface area contributed by atoms with Crippen molar-refractivity contribution >= 4 is 15.7 Å². The van der Waals surface area contributed by atoms with E-state index in [9.17, 15) is 13.2 Å². The molecule has 5 nitrogen and oxygen atoms in total. The fraction of sp³-hybridized carbons (Fsp3) is 0.350. The first-order valence-electron chi connectivity index (χ1n) is 8.74. The number of amides is 1. The summed E-state index contributed by atoms with van der Waals surface area (Å²) < 4.78 is 23.3. The van der Waals surface area contributed by atoms with Gasteiger partial charge >= 0.3 is 0 Å². The summed E-state index contributed by atoms with van der Waals surface area (Å²) in [5.41, 5.74) is 3.67. The molecule has 0 spiro atoms. The molecule has 6 heteroatoms. The van der Waals surface area contributed by atoms with Crippen molar-refractivity contribution in [1.82, 2.24) is 10.2 Å². The molecule has 26 heavy (non-hydrogen) atoms. The number of carbonyl (C=O) groups excluding carboxylic acids is 1. The molecule has 1 fully saturated rings. The average Bonchev–Trinajstić information content (AvgIpc) is 2.93. The molecule has 1 N–H and O–H groups in total. The van der Waals surface area contributed by atoms with Crippen LogP contribution in [0.5, 0.6) is 0 Å². The molecular formula is C20H22N2O3S. The van der Waals surface area contributed by atoms with E-state index in [1.807, 2.05) is 12.1 Å². The van der Waals surface area contributed by atoms with Gasteiger partial charge in [0.25, 0.3) is 5.91 Å². The minimum Gasteiger partial charge on any atom is -0.352 e. The molecule has 0 saturated carbocycles. The van der Waals surface area contributed by atoms with E-state index in [4.69, 9.17) is 0 Å². The second kappa shape index (κ2) is 6.21. The quantitative estimate of drug-likeness (QED) is 0.880. The minimum absolute atomic E-state index is 0.0216. The van der Waals surface area contributed by atoms with Gasteiger partial charge in [0.1, 0.15) is 0 Å². The molecule has 2 atom stereocenters. The van der Waals surface area contributed by atoms with Crippen molar-refractivity contribution in [3.05, 3.63) is 53.6 Å². The van der Waals surface area contributed by atoms with E-state index < -0.39 is 9.84 Å². The molecule has 1 saturated heterocycles.